The van der Waals surface area contributed by atoms with Crippen LogP contribution in [0.3, 0.4) is 0 Å². The molecular weight excluding hydrogens is 432 g/mol. The highest BCUT2D eigenvalue weighted by molar-refractivity contribution is 7.91. The van der Waals surface area contributed by atoms with Gasteiger partial charge in [0.25, 0.3) is 10.0 Å². The molecule has 1 aliphatic heterocycles. The third-order valence-electron chi connectivity index (χ3n) is 5.37. The standard InChI is InChI=1S/C22H26N4O3S2/c1-24(16-18-15-23-26(17-18)19-8-4-2-5-9-19)21(27)14-20-10-11-22(30-20)31(28,29)25-12-6-3-7-13-25/h2,4-5,8-11,15,17H,3,6-7,12-14,16H2,1H3. The van der Waals surface area contributed by atoms with Gasteiger partial charge in [0.2, 0.25) is 5.91 Å². The number of nitrogens with zero attached hydrogens (tertiary/aromatic N) is 4. The van der Waals surface area contributed by atoms with Gasteiger partial charge in [-0.05, 0) is 37.1 Å². The zero-order chi connectivity index (χ0) is 21.8. The molecule has 1 amide bonds. The first-order chi connectivity index (χ1) is 14.9. The SMILES string of the molecule is CN(Cc1cnn(-c2ccccc2)c1)C(=O)Cc1ccc(S(=O)(=O)N2CCCCC2)s1. The molecule has 0 atom stereocenters. The summed E-state index contributed by atoms with van der Waals surface area (Å²) < 4.78 is 29.3. The Morgan fingerprint density at radius 2 is 1.84 bits per heavy atom. The van der Waals surface area contributed by atoms with Gasteiger partial charge in [0.15, 0.2) is 0 Å². The van der Waals surface area contributed by atoms with E-state index >= 15 is 0 Å². The number of amides is 1. The number of aromatic nitrogens is 2. The molecule has 31 heavy (non-hydrogen) atoms. The van der Waals surface area contributed by atoms with Crippen LogP contribution in [-0.2, 0) is 27.8 Å². The van der Waals surface area contributed by atoms with E-state index in [0.29, 0.717) is 23.8 Å². The van der Waals surface area contributed by atoms with Crippen LogP contribution in [-0.4, -0.2) is 53.4 Å². The molecule has 1 saturated heterocycles. The van der Waals surface area contributed by atoms with Crippen molar-refractivity contribution in [3.8, 4) is 5.69 Å². The van der Waals surface area contributed by atoms with Crippen LogP contribution in [0.2, 0.25) is 0 Å². The molecule has 0 saturated carbocycles. The second-order valence-corrected chi connectivity index (χ2v) is 11.1. The normalized spacial score (nSPS) is 15.1. The zero-order valence-corrected chi connectivity index (χ0v) is 19.1. The largest absolute Gasteiger partial charge is 0.341 e. The molecule has 9 heteroatoms. The van der Waals surface area contributed by atoms with Crippen molar-refractivity contribution in [3.63, 3.8) is 0 Å². The average molecular weight is 459 g/mol. The number of hydrogen-bond acceptors (Lipinski definition) is 5. The van der Waals surface area contributed by atoms with Crippen molar-refractivity contribution in [3.05, 3.63) is 65.3 Å². The fourth-order valence-electron chi connectivity index (χ4n) is 3.63. The molecule has 0 spiro atoms. The Bertz CT molecular complexity index is 1130. The molecule has 1 aromatic carbocycles. The number of piperidine rings is 1. The number of sulfonamides is 1. The summed E-state index contributed by atoms with van der Waals surface area (Å²) in [7, 11) is -1.70. The van der Waals surface area contributed by atoms with Crippen molar-refractivity contribution in [2.75, 3.05) is 20.1 Å². The molecule has 0 N–H and O–H groups in total. The maximum atomic E-state index is 12.8. The van der Waals surface area contributed by atoms with Gasteiger partial charge in [-0.2, -0.15) is 9.40 Å². The van der Waals surface area contributed by atoms with Crippen LogP contribution in [0, 0.1) is 0 Å². The lowest BCUT2D eigenvalue weighted by molar-refractivity contribution is -0.129. The molecule has 0 bridgehead atoms. The van der Waals surface area contributed by atoms with Gasteiger partial charge in [0.05, 0.1) is 18.3 Å². The molecule has 3 heterocycles. The van der Waals surface area contributed by atoms with Crippen LogP contribution in [0.5, 0.6) is 0 Å². The molecule has 7 nitrogen and oxygen atoms in total. The number of rotatable bonds is 7. The second-order valence-electron chi connectivity index (χ2n) is 7.74. The minimum atomic E-state index is -3.45. The molecule has 0 radical (unpaired) electrons. The summed E-state index contributed by atoms with van der Waals surface area (Å²) in [6.07, 6.45) is 6.73. The van der Waals surface area contributed by atoms with E-state index in [-0.39, 0.29) is 12.3 Å². The molecule has 1 aliphatic rings. The van der Waals surface area contributed by atoms with Gasteiger partial charge in [0, 0.05) is 43.3 Å². The van der Waals surface area contributed by atoms with Crippen molar-refractivity contribution >= 4 is 27.3 Å². The lowest BCUT2D eigenvalue weighted by Crippen LogP contribution is -2.35. The summed E-state index contributed by atoms with van der Waals surface area (Å²) in [5.74, 6) is -0.0590. The topological polar surface area (TPSA) is 75.5 Å². The second kappa shape index (κ2) is 9.33. The average Bonchev–Trinajstić information content (AvgIpc) is 3.45. The van der Waals surface area contributed by atoms with Crippen molar-refractivity contribution in [1.82, 2.24) is 19.0 Å². The minimum absolute atomic E-state index is 0.0590. The Morgan fingerprint density at radius 3 is 2.58 bits per heavy atom. The van der Waals surface area contributed by atoms with Crippen LogP contribution in [0.4, 0.5) is 0 Å². The maximum absolute atomic E-state index is 12.8. The predicted molar refractivity (Wildman–Crippen MR) is 121 cm³/mol. The Labute approximate surface area is 187 Å². The van der Waals surface area contributed by atoms with E-state index < -0.39 is 10.0 Å². The molecule has 4 rings (SSSR count). The number of benzene rings is 1. The summed E-state index contributed by atoms with van der Waals surface area (Å²) in [5, 5.41) is 4.37. The first-order valence-corrected chi connectivity index (χ1v) is 12.6. The Morgan fingerprint density at radius 1 is 1.10 bits per heavy atom. The Hall–Kier alpha value is -2.49. The Kier molecular flexibility index (Phi) is 6.54. The van der Waals surface area contributed by atoms with E-state index in [1.54, 1.807) is 39.3 Å². The van der Waals surface area contributed by atoms with E-state index in [9.17, 15) is 13.2 Å². The fourth-order valence-corrected chi connectivity index (χ4v) is 6.65. The van der Waals surface area contributed by atoms with Crippen LogP contribution in [0.1, 0.15) is 29.7 Å². The number of thiophene rings is 1. The summed E-state index contributed by atoms with van der Waals surface area (Å²) in [5.41, 5.74) is 1.89. The summed E-state index contributed by atoms with van der Waals surface area (Å²) in [6.45, 7) is 1.60. The van der Waals surface area contributed by atoms with Gasteiger partial charge in [-0.15, -0.1) is 11.3 Å². The highest BCUT2D eigenvalue weighted by atomic mass is 32.2. The molecule has 2 aromatic heterocycles. The van der Waals surface area contributed by atoms with Gasteiger partial charge >= 0.3 is 0 Å². The maximum Gasteiger partial charge on any atom is 0.252 e. The molecule has 164 valence electrons. The molecule has 0 unspecified atom stereocenters. The highest BCUT2D eigenvalue weighted by Gasteiger charge is 2.27. The van der Waals surface area contributed by atoms with Gasteiger partial charge in [0.1, 0.15) is 4.21 Å². The molecule has 3 aromatic rings. The molecular formula is C22H26N4O3S2. The highest BCUT2D eigenvalue weighted by Crippen LogP contribution is 2.27. The number of likely N-dealkylation sites (N-methyl/N-ethyl adjacent to an activating group) is 1. The third-order valence-corrected chi connectivity index (χ3v) is 8.83. The van der Waals surface area contributed by atoms with Crippen molar-refractivity contribution < 1.29 is 13.2 Å². The monoisotopic (exact) mass is 458 g/mol. The van der Waals surface area contributed by atoms with E-state index in [1.807, 2.05) is 36.5 Å². The third kappa shape index (κ3) is 5.06. The van der Waals surface area contributed by atoms with Crippen LogP contribution >= 0.6 is 11.3 Å². The van der Waals surface area contributed by atoms with Crippen LogP contribution in [0.25, 0.3) is 5.69 Å². The lowest BCUT2D eigenvalue weighted by Gasteiger charge is -2.25. The smallest absolute Gasteiger partial charge is 0.252 e. The summed E-state index contributed by atoms with van der Waals surface area (Å²) in [4.78, 5) is 15.1. The first-order valence-electron chi connectivity index (χ1n) is 10.4. The summed E-state index contributed by atoms with van der Waals surface area (Å²) in [6, 6.07) is 13.2. The van der Waals surface area contributed by atoms with E-state index in [2.05, 4.69) is 5.10 Å². The van der Waals surface area contributed by atoms with Gasteiger partial charge < -0.3 is 4.90 Å². The van der Waals surface area contributed by atoms with Crippen molar-refractivity contribution in [2.45, 2.75) is 36.4 Å². The zero-order valence-electron chi connectivity index (χ0n) is 17.5. The van der Waals surface area contributed by atoms with Gasteiger partial charge in [-0.3, -0.25) is 4.79 Å². The van der Waals surface area contributed by atoms with Gasteiger partial charge in [-0.1, -0.05) is 24.6 Å². The number of carbonyl (C=O) groups is 1. The van der Waals surface area contributed by atoms with E-state index in [4.69, 9.17) is 0 Å². The van der Waals surface area contributed by atoms with Crippen LogP contribution in [0.15, 0.2) is 59.1 Å². The van der Waals surface area contributed by atoms with Gasteiger partial charge in [-0.25, -0.2) is 13.1 Å². The number of carbonyl (C=O) groups excluding carboxylic acids is 1. The molecule has 1 fully saturated rings. The summed E-state index contributed by atoms with van der Waals surface area (Å²) >= 11 is 1.19. The van der Waals surface area contributed by atoms with Crippen molar-refractivity contribution in [2.24, 2.45) is 0 Å². The molecule has 0 aliphatic carbocycles. The quantitative estimate of drug-likeness (QED) is 0.544. The fraction of sp³-hybridized carbons (Fsp3) is 0.364. The van der Waals surface area contributed by atoms with Crippen LogP contribution < -0.4 is 0 Å². The lowest BCUT2D eigenvalue weighted by atomic mass is 10.2. The number of para-hydroxylation sites is 1. The number of hydrogen-bond donors (Lipinski definition) is 0. The predicted octanol–water partition coefficient (Wildman–Crippen LogP) is 3.31. The van der Waals surface area contributed by atoms with Crippen molar-refractivity contribution in [1.29, 1.82) is 0 Å². The van der Waals surface area contributed by atoms with E-state index in [1.165, 1.54) is 11.3 Å². The van der Waals surface area contributed by atoms with E-state index in [0.717, 1.165) is 35.4 Å². The minimum Gasteiger partial charge on any atom is -0.341 e. The first kappa shape index (κ1) is 21.7. The Balaban J connectivity index is 1.37.